The summed E-state index contributed by atoms with van der Waals surface area (Å²) in [6, 6.07) is 35.2. The SMILES string of the molecule is C[C@@H](COC(=O)Nc1ccc(-n2c(=O)[nH]c3ccccc32)cc1)N(Cc1ccccc1)Cc1ccccc1.S. The fourth-order valence-corrected chi connectivity index (χ4v) is 4.46. The van der Waals surface area contributed by atoms with Gasteiger partial charge in [-0.05, 0) is 54.4 Å². The summed E-state index contributed by atoms with van der Waals surface area (Å²) in [5.74, 6) is 0. The van der Waals surface area contributed by atoms with Gasteiger partial charge in [-0.25, -0.2) is 9.59 Å². The van der Waals surface area contributed by atoms with Crippen LogP contribution in [0.1, 0.15) is 18.1 Å². The number of aromatic amines is 1. The second-order valence-corrected chi connectivity index (χ2v) is 9.28. The second kappa shape index (κ2) is 13.0. The molecule has 0 fully saturated rings. The van der Waals surface area contributed by atoms with Crippen LogP contribution >= 0.6 is 13.5 Å². The Morgan fingerprint density at radius 3 is 2.03 bits per heavy atom. The van der Waals surface area contributed by atoms with Crippen LogP contribution in [0.3, 0.4) is 0 Å². The van der Waals surface area contributed by atoms with Crippen LogP contribution in [-0.2, 0) is 17.8 Å². The molecule has 1 atom stereocenters. The lowest BCUT2D eigenvalue weighted by Crippen LogP contribution is -2.36. The predicted molar refractivity (Wildman–Crippen MR) is 161 cm³/mol. The molecule has 0 unspecified atom stereocenters. The normalized spacial score (nSPS) is 11.6. The number of rotatable bonds is 9. The number of nitrogens with one attached hydrogen (secondary N) is 2. The van der Waals surface area contributed by atoms with Crippen molar-refractivity contribution in [1.29, 1.82) is 0 Å². The Morgan fingerprint density at radius 1 is 0.846 bits per heavy atom. The minimum Gasteiger partial charge on any atom is -0.448 e. The van der Waals surface area contributed by atoms with Gasteiger partial charge < -0.3 is 9.72 Å². The highest BCUT2D eigenvalue weighted by Gasteiger charge is 2.17. The number of carbonyl (C=O) groups excluding carboxylic acids is 1. The Labute approximate surface area is 234 Å². The van der Waals surface area contributed by atoms with Crippen LogP contribution in [0.5, 0.6) is 0 Å². The molecule has 8 heteroatoms. The summed E-state index contributed by atoms with van der Waals surface area (Å²) < 4.78 is 7.20. The number of ether oxygens (including phenoxy) is 1. The summed E-state index contributed by atoms with van der Waals surface area (Å²) in [4.78, 5) is 30.2. The number of anilines is 1. The van der Waals surface area contributed by atoms with Gasteiger partial charge in [-0.15, -0.1) is 0 Å². The molecule has 2 N–H and O–H groups in total. The van der Waals surface area contributed by atoms with E-state index in [1.54, 1.807) is 28.8 Å². The first-order valence-corrected chi connectivity index (χ1v) is 12.6. The van der Waals surface area contributed by atoms with Crippen molar-refractivity contribution in [2.24, 2.45) is 0 Å². The number of hydrogen-bond donors (Lipinski definition) is 2. The third kappa shape index (κ3) is 6.98. The van der Waals surface area contributed by atoms with Crippen molar-refractivity contribution in [3.05, 3.63) is 131 Å². The number of amides is 1. The van der Waals surface area contributed by atoms with Crippen LogP contribution in [0.4, 0.5) is 10.5 Å². The molecule has 200 valence electrons. The molecule has 0 saturated heterocycles. The number of fused-ring (bicyclic) bond motifs is 1. The van der Waals surface area contributed by atoms with Gasteiger partial charge in [0.05, 0.1) is 16.7 Å². The van der Waals surface area contributed by atoms with Crippen molar-refractivity contribution < 1.29 is 9.53 Å². The van der Waals surface area contributed by atoms with Crippen molar-refractivity contribution in [2.75, 3.05) is 11.9 Å². The molecule has 1 amide bonds. The van der Waals surface area contributed by atoms with E-state index in [0.717, 1.165) is 24.1 Å². The maximum Gasteiger partial charge on any atom is 0.411 e. The first-order valence-electron chi connectivity index (χ1n) is 12.6. The summed E-state index contributed by atoms with van der Waals surface area (Å²) in [6.45, 7) is 3.80. The highest BCUT2D eigenvalue weighted by Crippen LogP contribution is 2.18. The number of hydrogen-bond acceptors (Lipinski definition) is 4. The quantitative estimate of drug-likeness (QED) is 0.238. The minimum absolute atomic E-state index is 0. The van der Waals surface area contributed by atoms with E-state index in [2.05, 4.69) is 46.4 Å². The summed E-state index contributed by atoms with van der Waals surface area (Å²) >= 11 is 0. The number of para-hydroxylation sites is 2. The molecule has 0 saturated carbocycles. The zero-order valence-electron chi connectivity index (χ0n) is 21.7. The van der Waals surface area contributed by atoms with Gasteiger partial charge in [-0.1, -0.05) is 72.8 Å². The average Bonchev–Trinajstić information content (AvgIpc) is 3.28. The average molecular weight is 541 g/mol. The smallest absolute Gasteiger partial charge is 0.411 e. The molecule has 7 nitrogen and oxygen atoms in total. The fourth-order valence-electron chi connectivity index (χ4n) is 4.46. The van der Waals surface area contributed by atoms with Crippen LogP contribution in [0.25, 0.3) is 16.7 Å². The van der Waals surface area contributed by atoms with Gasteiger partial charge in [0, 0.05) is 24.8 Å². The zero-order chi connectivity index (χ0) is 26.3. The Hall–Kier alpha value is -4.27. The standard InChI is InChI=1S/C31H30N4O3.H2S/c1-23(34(20-24-10-4-2-5-11-24)21-25-12-6-3-7-13-25)22-38-31(37)32-26-16-18-27(19-17-26)35-29-15-9-8-14-28(29)33-30(35)36;/h2-19,23H,20-22H2,1H3,(H,32,37)(H,33,36);1H2/t23-;/m0./s1. The van der Waals surface area contributed by atoms with Crippen LogP contribution in [0, 0.1) is 0 Å². The zero-order valence-corrected chi connectivity index (χ0v) is 22.7. The van der Waals surface area contributed by atoms with E-state index < -0.39 is 6.09 Å². The maximum atomic E-state index is 12.6. The van der Waals surface area contributed by atoms with E-state index in [4.69, 9.17) is 4.74 Å². The third-order valence-corrected chi connectivity index (χ3v) is 6.50. The summed E-state index contributed by atoms with van der Waals surface area (Å²) in [6.07, 6.45) is -0.520. The lowest BCUT2D eigenvalue weighted by atomic mass is 10.1. The van der Waals surface area contributed by atoms with Crippen molar-refractivity contribution in [3.63, 3.8) is 0 Å². The van der Waals surface area contributed by atoms with Gasteiger partial charge in [0.1, 0.15) is 6.61 Å². The first kappa shape index (κ1) is 27.8. The molecule has 5 rings (SSSR count). The molecular weight excluding hydrogens is 508 g/mol. The van der Waals surface area contributed by atoms with E-state index >= 15 is 0 Å². The first-order chi connectivity index (χ1) is 18.6. The minimum atomic E-state index is -0.520. The van der Waals surface area contributed by atoms with Gasteiger partial charge in [0.2, 0.25) is 0 Å². The van der Waals surface area contributed by atoms with Crippen molar-refractivity contribution in [3.8, 4) is 5.69 Å². The van der Waals surface area contributed by atoms with Gasteiger partial charge in [-0.3, -0.25) is 14.8 Å². The predicted octanol–water partition coefficient (Wildman–Crippen LogP) is 6.07. The molecule has 0 aliphatic carbocycles. The lowest BCUT2D eigenvalue weighted by molar-refractivity contribution is 0.0966. The number of imidazole rings is 1. The Morgan fingerprint density at radius 2 is 1.41 bits per heavy atom. The number of aromatic nitrogens is 2. The van der Waals surface area contributed by atoms with Crippen molar-refractivity contribution in [1.82, 2.24) is 14.5 Å². The van der Waals surface area contributed by atoms with Gasteiger partial charge in [0.15, 0.2) is 0 Å². The molecule has 5 aromatic rings. The number of benzene rings is 4. The van der Waals surface area contributed by atoms with Crippen LogP contribution in [0.2, 0.25) is 0 Å². The van der Waals surface area contributed by atoms with E-state index in [1.165, 1.54) is 11.1 Å². The lowest BCUT2D eigenvalue weighted by Gasteiger charge is -2.29. The fraction of sp³-hybridized carbons (Fsp3) is 0.161. The monoisotopic (exact) mass is 540 g/mol. The Kier molecular flexibility index (Phi) is 9.25. The van der Waals surface area contributed by atoms with Gasteiger partial charge in [-0.2, -0.15) is 13.5 Å². The molecule has 0 aliphatic rings. The Balaban J connectivity index is 0.00000353. The molecule has 1 aromatic heterocycles. The molecule has 1 heterocycles. The third-order valence-electron chi connectivity index (χ3n) is 6.50. The summed E-state index contributed by atoms with van der Waals surface area (Å²) in [7, 11) is 0. The molecular formula is C31H32N4O3S. The second-order valence-electron chi connectivity index (χ2n) is 9.28. The summed E-state index contributed by atoms with van der Waals surface area (Å²) in [5.41, 5.74) is 5.05. The number of nitrogens with zero attached hydrogens (tertiary/aromatic N) is 2. The van der Waals surface area contributed by atoms with Crippen LogP contribution in [-0.4, -0.2) is 33.2 Å². The van der Waals surface area contributed by atoms with E-state index in [0.29, 0.717) is 11.4 Å². The van der Waals surface area contributed by atoms with E-state index in [1.807, 2.05) is 60.7 Å². The number of carbonyl (C=O) groups is 1. The van der Waals surface area contributed by atoms with Crippen molar-refractivity contribution in [2.45, 2.75) is 26.1 Å². The highest BCUT2D eigenvalue weighted by molar-refractivity contribution is 7.59. The maximum absolute atomic E-state index is 12.6. The Bertz CT molecular complexity index is 1510. The molecule has 0 radical (unpaired) electrons. The van der Waals surface area contributed by atoms with Crippen LogP contribution < -0.4 is 11.0 Å². The van der Waals surface area contributed by atoms with Gasteiger partial charge >= 0.3 is 11.8 Å². The highest BCUT2D eigenvalue weighted by atomic mass is 32.1. The molecule has 39 heavy (non-hydrogen) atoms. The van der Waals surface area contributed by atoms with E-state index in [-0.39, 0.29) is 31.8 Å². The molecule has 0 aliphatic heterocycles. The molecule has 0 bridgehead atoms. The number of H-pyrrole nitrogens is 1. The molecule has 4 aromatic carbocycles. The van der Waals surface area contributed by atoms with Crippen LogP contribution in [0.15, 0.2) is 114 Å². The topological polar surface area (TPSA) is 79.4 Å². The largest absolute Gasteiger partial charge is 0.448 e. The van der Waals surface area contributed by atoms with Crippen molar-refractivity contribution >= 4 is 36.3 Å². The molecule has 0 spiro atoms. The van der Waals surface area contributed by atoms with Gasteiger partial charge in [0.25, 0.3) is 0 Å². The van der Waals surface area contributed by atoms with E-state index in [9.17, 15) is 9.59 Å². The summed E-state index contributed by atoms with van der Waals surface area (Å²) in [5, 5.41) is 2.79.